The van der Waals surface area contributed by atoms with E-state index in [1.54, 1.807) is 0 Å². The van der Waals surface area contributed by atoms with Gasteiger partial charge in [0.2, 0.25) is 0 Å². The molecule has 2 rings (SSSR count). The summed E-state index contributed by atoms with van der Waals surface area (Å²) in [6, 6.07) is 4.32. The maximum atomic E-state index is 4.61. The van der Waals surface area contributed by atoms with Gasteiger partial charge in [-0.25, -0.2) is 4.99 Å². The molecule has 3 heteroatoms. The first-order valence-corrected chi connectivity index (χ1v) is 5.74. The number of thiophene rings is 1. The Morgan fingerprint density at radius 3 is 2.92 bits per heavy atom. The Kier molecular flexibility index (Phi) is 2.58. The van der Waals surface area contributed by atoms with Crippen LogP contribution in [0.25, 0.3) is 0 Å². The van der Waals surface area contributed by atoms with Gasteiger partial charge in [0.1, 0.15) is 0 Å². The predicted molar refractivity (Wildman–Crippen MR) is 59.7 cm³/mol. The van der Waals surface area contributed by atoms with Gasteiger partial charge in [0, 0.05) is 10.3 Å². The standard InChI is InChI=1S/C10H11NS2/c12-8-11-7-10(4-2-5-10)9-3-1-6-13-9/h1,3,6H,2,4-5,7H2. The summed E-state index contributed by atoms with van der Waals surface area (Å²) in [5.41, 5.74) is 0.319. The molecule has 1 aromatic rings. The number of aliphatic imine (C=N–C) groups is 1. The van der Waals surface area contributed by atoms with Crippen LogP contribution in [0, 0.1) is 0 Å². The first-order valence-electron chi connectivity index (χ1n) is 4.45. The van der Waals surface area contributed by atoms with E-state index in [1.165, 1.54) is 24.1 Å². The van der Waals surface area contributed by atoms with Crippen molar-refractivity contribution in [3.63, 3.8) is 0 Å². The van der Waals surface area contributed by atoms with Crippen LogP contribution in [0.15, 0.2) is 22.5 Å². The van der Waals surface area contributed by atoms with Gasteiger partial charge in [0.15, 0.2) is 0 Å². The highest BCUT2D eigenvalue weighted by molar-refractivity contribution is 7.78. The highest BCUT2D eigenvalue weighted by atomic mass is 32.1. The molecular formula is C10H11NS2. The van der Waals surface area contributed by atoms with Gasteiger partial charge in [0.05, 0.1) is 11.7 Å². The van der Waals surface area contributed by atoms with Gasteiger partial charge in [-0.3, -0.25) is 0 Å². The third-order valence-corrected chi connectivity index (χ3v) is 4.05. The fourth-order valence-electron chi connectivity index (χ4n) is 1.85. The lowest BCUT2D eigenvalue weighted by molar-refractivity contribution is 0.260. The van der Waals surface area contributed by atoms with Crippen molar-refractivity contribution < 1.29 is 0 Å². The monoisotopic (exact) mass is 209 g/mol. The van der Waals surface area contributed by atoms with Crippen LogP contribution in [0.5, 0.6) is 0 Å². The molecule has 0 aromatic carbocycles. The highest BCUT2D eigenvalue weighted by Gasteiger charge is 2.39. The van der Waals surface area contributed by atoms with Gasteiger partial charge in [-0.1, -0.05) is 12.5 Å². The SMILES string of the molecule is S=C=NCC1(c2cccs2)CCC1. The minimum absolute atomic E-state index is 0.319. The first-order chi connectivity index (χ1) is 6.37. The van der Waals surface area contributed by atoms with E-state index in [0.717, 1.165) is 6.54 Å². The number of hydrogen-bond donors (Lipinski definition) is 0. The van der Waals surface area contributed by atoms with Gasteiger partial charge in [-0.2, -0.15) is 0 Å². The average molecular weight is 209 g/mol. The summed E-state index contributed by atoms with van der Waals surface area (Å²) in [7, 11) is 0. The molecule has 0 spiro atoms. The van der Waals surface area contributed by atoms with Crippen LogP contribution in [-0.2, 0) is 5.41 Å². The van der Waals surface area contributed by atoms with Crippen molar-refractivity contribution in [3.05, 3.63) is 22.4 Å². The smallest absolute Gasteiger partial charge is 0.0597 e. The fraction of sp³-hybridized carbons (Fsp3) is 0.500. The van der Waals surface area contributed by atoms with E-state index < -0.39 is 0 Å². The summed E-state index contributed by atoms with van der Waals surface area (Å²) < 4.78 is 0. The number of isothiocyanates is 1. The van der Waals surface area contributed by atoms with E-state index in [1.807, 2.05) is 11.3 Å². The van der Waals surface area contributed by atoms with Crippen molar-refractivity contribution in [1.82, 2.24) is 0 Å². The summed E-state index contributed by atoms with van der Waals surface area (Å²) in [5.74, 6) is 0. The third kappa shape index (κ3) is 1.60. The van der Waals surface area contributed by atoms with E-state index in [9.17, 15) is 0 Å². The van der Waals surface area contributed by atoms with Crippen LogP contribution in [0.1, 0.15) is 24.1 Å². The molecule has 1 heterocycles. The Bertz CT molecular complexity index is 319. The van der Waals surface area contributed by atoms with Gasteiger partial charge in [0.25, 0.3) is 0 Å². The van der Waals surface area contributed by atoms with Crippen molar-refractivity contribution in [3.8, 4) is 0 Å². The van der Waals surface area contributed by atoms with E-state index in [-0.39, 0.29) is 0 Å². The number of hydrogen-bond acceptors (Lipinski definition) is 3. The Balaban J connectivity index is 2.20. The van der Waals surface area contributed by atoms with Crippen LogP contribution in [0.3, 0.4) is 0 Å². The van der Waals surface area contributed by atoms with Gasteiger partial charge in [-0.05, 0) is 36.5 Å². The molecule has 1 saturated carbocycles. The molecule has 0 aliphatic heterocycles. The second kappa shape index (κ2) is 3.70. The molecule has 13 heavy (non-hydrogen) atoms. The van der Waals surface area contributed by atoms with Gasteiger partial charge in [-0.15, -0.1) is 11.3 Å². The number of rotatable bonds is 3. The molecule has 0 radical (unpaired) electrons. The molecule has 1 fully saturated rings. The molecule has 1 nitrogen and oxygen atoms in total. The molecule has 0 atom stereocenters. The summed E-state index contributed by atoms with van der Waals surface area (Å²) in [6.07, 6.45) is 3.84. The Morgan fingerprint density at radius 1 is 1.62 bits per heavy atom. The minimum atomic E-state index is 0.319. The molecule has 0 amide bonds. The second-order valence-corrected chi connectivity index (χ2v) is 4.65. The lowest BCUT2D eigenvalue weighted by atomic mass is 9.68. The molecule has 68 valence electrons. The lowest BCUT2D eigenvalue weighted by Crippen LogP contribution is -2.36. The maximum Gasteiger partial charge on any atom is 0.0597 e. The normalized spacial score (nSPS) is 18.8. The number of nitrogens with zero attached hydrogens (tertiary/aromatic N) is 1. The molecule has 0 bridgehead atoms. The summed E-state index contributed by atoms with van der Waals surface area (Å²) in [5, 5.41) is 4.60. The fourth-order valence-corrected chi connectivity index (χ4v) is 2.89. The minimum Gasteiger partial charge on any atom is -0.232 e. The zero-order valence-corrected chi connectivity index (χ0v) is 8.96. The second-order valence-electron chi connectivity index (χ2n) is 3.52. The van der Waals surface area contributed by atoms with Crippen LogP contribution < -0.4 is 0 Å². The Labute approximate surface area is 87.5 Å². The van der Waals surface area contributed by atoms with Crippen molar-refractivity contribution in [1.29, 1.82) is 0 Å². The highest BCUT2D eigenvalue weighted by Crippen LogP contribution is 2.45. The van der Waals surface area contributed by atoms with Crippen LogP contribution in [0.4, 0.5) is 0 Å². The summed E-state index contributed by atoms with van der Waals surface area (Å²) in [6.45, 7) is 0.830. The molecule has 0 saturated heterocycles. The molecule has 1 aliphatic rings. The van der Waals surface area contributed by atoms with Crippen molar-refractivity contribution in [2.75, 3.05) is 6.54 Å². The quantitative estimate of drug-likeness (QED) is 0.550. The van der Waals surface area contributed by atoms with E-state index in [0.29, 0.717) is 5.41 Å². The lowest BCUT2D eigenvalue weighted by Gasteiger charge is -2.39. The predicted octanol–water partition coefficient (Wildman–Crippen LogP) is 3.27. The molecular weight excluding hydrogens is 198 g/mol. The van der Waals surface area contributed by atoms with E-state index in [2.05, 4.69) is 39.9 Å². The average Bonchev–Trinajstić information content (AvgIpc) is 2.56. The topological polar surface area (TPSA) is 12.4 Å². The molecule has 0 unspecified atom stereocenters. The van der Waals surface area contributed by atoms with Crippen LogP contribution in [0.2, 0.25) is 0 Å². The first kappa shape index (κ1) is 9.07. The van der Waals surface area contributed by atoms with Crippen molar-refractivity contribution in [2.24, 2.45) is 4.99 Å². The third-order valence-electron chi connectivity index (χ3n) is 2.80. The molecule has 1 aromatic heterocycles. The van der Waals surface area contributed by atoms with Crippen LogP contribution >= 0.6 is 23.6 Å². The summed E-state index contributed by atoms with van der Waals surface area (Å²) in [4.78, 5) is 5.56. The number of thiocarbonyl (C=S) groups is 1. The Morgan fingerprint density at radius 2 is 2.46 bits per heavy atom. The van der Waals surface area contributed by atoms with E-state index in [4.69, 9.17) is 0 Å². The molecule has 1 aliphatic carbocycles. The van der Waals surface area contributed by atoms with E-state index >= 15 is 0 Å². The van der Waals surface area contributed by atoms with Crippen molar-refractivity contribution >= 4 is 28.7 Å². The Hall–Kier alpha value is -0.500. The zero-order chi connectivity index (χ0) is 9.15. The zero-order valence-electron chi connectivity index (χ0n) is 7.32. The van der Waals surface area contributed by atoms with Gasteiger partial charge < -0.3 is 0 Å². The summed E-state index contributed by atoms with van der Waals surface area (Å²) >= 11 is 6.44. The molecule has 0 N–H and O–H groups in total. The van der Waals surface area contributed by atoms with Gasteiger partial charge >= 0.3 is 0 Å². The largest absolute Gasteiger partial charge is 0.232 e. The maximum absolute atomic E-state index is 4.61. The van der Waals surface area contributed by atoms with Crippen molar-refractivity contribution in [2.45, 2.75) is 24.7 Å². The van der Waals surface area contributed by atoms with Crippen LogP contribution in [-0.4, -0.2) is 11.7 Å².